The van der Waals surface area contributed by atoms with Gasteiger partial charge in [0, 0.05) is 12.5 Å². The Morgan fingerprint density at radius 2 is 1.81 bits per heavy atom. The molecule has 0 radical (unpaired) electrons. The average molecular weight is 418 g/mol. The Bertz CT molecular complexity index is 1060. The number of nitrogens with one attached hydrogen (secondary N) is 2. The van der Waals surface area contributed by atoms with Gasteiger partial charge >= 0.3 is 0 Å². The van der Waals surface area contributed by atoms with Crippen molar-refractivity contribution in [3.63, 3.8) is 0 Å². The van der Waals surface area contributed by atoms with E-state index >= 15 is 0 Å². The SMILES string of the molecule is NC(=O)c1c2c(nn1-c1ccc(Oc3ccccc3)cc1)C(C1CCCNC1)CCN2. The number of carbonyl (C=O) groups is 1. The molecule has 1 aromatic heterocycles. The number of carbonyl (C=O) groups excluding carboxylic acids is 1. The second kappa shape index (κ2) is 8.43. The van der Waals surface area contributed by atoms with E-state index in [2.05, 4.69) is 10.6 Å². The van der Waals surface area contributed by atoms with Crippen LogP contribution in [0, 0.1) is 5.92 Å². The van der Waals surface area contributed by atoms with Crippen LogP contribution in [0.2, 0.25) is 0 Å². The molecule has 2 aliphatic heterocycles. The van der Waals surface area contributed by atoms with Gasteiger partial charge in [0.1, 0.15) is 11.5 Å². The van der Waals surface area contributed by atoms with E-state index in [1.165, 1.54) is 12.8 Å². The normalized spacial score (nSPS) is 20.5. The van der Waals surface area contributed by atoms with Crippen molar-refractivity contribution in [2.45, 2.75) is 25.2 Å². The quantitative estimate of drug-likeness (QED) is 0.589. The van der Waals surface area contributed by atoms with Gasteiger partial charge in [0.25, 0.3) is 5.91 Å². The Morgan fingerprint density at radius 1 is 1.03 bits per heavy atom. The van der Waals surface area contributed by atoms with Gasteiger partial charge in [-0.2, -0.15) is 5.10 Å². The summed E-state index contributed by atoms with van der Waals surface area (Å²) < 4.78 is 7.57. The van der Waals surface area contributed by atoms with Crippen LogP contribution in [-0.2, 0) is 0 Å². The summed E-state index contributed by atoms with van der Waals surface area (Å²) in [7, 11) is 0. The van der Waals surface area contributed by atoms with E-state index in [1.54, 1.807) is 4.68 Å². The number of fused-ring (bicyclic) bond motifs is 1. The second-order valence-corrected chi connectivity index (χ2v) is 8.22. The van der Waals surface area contributed by atoms with Gasteiger partial charge in [-0.25, -0.2) is 4.68 Å². The summed E-state index contributed by atoms with van der Waals surface area (Å²) in [6.07, 6.45) is 3.37. The standard InChI is InChI=1S/C24H27N5O2/c25-24(30)23-22-21(20(12-14-27-22)16-5-4-13-26-15-16)28-29(23)17-8-10-19(11-9-17)31-18-6-2-1-3-7-18/h1-3,6-11,16,20,26-27H,4-5,12-15H2,(H2,25,30). The summed E-state index contributed by atoms with van der Waals surface area (Å²) in [4.78, 5) is 12.4. The molecular weight excluding hydrogens is 390 g/mol. The van der Waals surface area contributed by atoms with Gasteiger partial charge < -0.3 is 21.1 Å². The van der Waals surface area contributed by atoms with Gasteiger partial charge in [-0.1, -0.05) is 18.2 Å². The van der Waals surface area contributed by atoms with Crippen molar-refractivity contribution in [3.05, 3.63) is 66.0 Å². The molecule has 2 unspecified atom stereocenters. The minimum atomic E-state index is -0.478. The zero-order valence-corrected chi connectivity index (χ0v) is 17.4. The van der Waals surface area contributed by atoms with Crippen molar-refractivity contribution in [1.82, 2.24) is 15.1 Å². The number of para-hydroxylation sites is 1. The first-order valence-electron chi connectivity index (χ1n) is 10.9. The lowest BCUT2D eigenvalue weighted by Gasteiger charge is -2.33. The molecule has 0 bridgehead atoms. The summed E-state index contributed by atoms with van der Waals surface area (Å²) in [6.45, 7) is 2.89. The van der Waals surface area contributed by atoms with E-state index < -0.39 is 5.91 Å². The molecule has 2 aliphatic rings. The summed E-state index contributed by atoms with van der Waals surface area (Å²) in [5.74, 6) is 1.87. The van der Waals surface area contributed by atoms with E-state index in [9.17, 15) is 4.79 Å². The van der Waals surface area contributed by atoms with Crippen molar-refractivity contribution in [1.29, 1.82) is 0 Å². The maximum atomic E-state index is 12.4. The number of anilines is 1. The van der Waals surface area contributed by atoms with E-state index in [0.29, 0.717) is 17.5 Å². The number of hydrogen-bond donors (Lipinski definition) is 3. The van der Waals surface area contributed by atoms with Crippen LogP contribution in [-0.4, -0.2) is 35.3 Å². The van der Waals surface area contributed by atoms with Gasteiger partial charge in [-0.15, -0.1) is 0 Å². The monoisotopic (exact) mass is 417 g/mol. The molecule has 160 valence electrons. The molecule has 4 N–H and O–H groups in total. The van der Waals surface area contributed by atoms with E-state index in [-0.39, 0.29) is 0 Å². The smallest absolute Gasteiger partial charge is 0.269 e. The third-order valence-corrected chi connectivity index (χ3v) is 6.22. The van der Waals surface area contributed by atoms with Gasteiger partial charge in [0.2, 0.25) is 0 Å². The number of nitrogens with zero attached hydrogens (tertiary/aromatic N) is 2. The Labute approximate surface area is 181 Å². The number of aromatic nitrogens is 2. The molecule has 7 heteroatoms. The minimum absolute atomic E-state index is 0.323. The van der Waals surface area contributed by atoms with Crippen LogP contribution in [0.15, 0.2) is 54.6 Å². The lowest BCUT2D eigenvalue weighted by molar-refractivity contribution is 0.0993. The van der Waals surface area contributed by atoms with Crippen LogP contribution < -0.4 is 21.1 Å². The molecule has 0 aliphatic carbocycles. The first-order chi connectivity index (χ1) is 15.2. The molecule has 0 saturated carbocycles. The van der Waals surface area contributed by atoms with Crippen LogP contribution in [0.25, 0.3) is 5.69 Å². The highest BCUT2D eigenvalue weighted by Gasteiger charge is 2.35. The van der Waals surface area contributed by atoms with Crippen molar-refractivity contribution >= 4 is 11.6 Å². The van der Waals surface area contributed by atoms with E-state index in [4.69, 9.17) is 15.6 Å². The molecule has 0 spiro atoms. The molecule has 1 fully saturated rings. The van der Waals surface area contributed by atoms with Crippen molar-refractivity contribution in [2.24, 2.45) is 11.7 Å². The van der Waals surface area contributed by atoms with Crippen LogP contribution in [0.1, 0.15) is 41.4 Å². The maximum absolute atomic E-state index is 12.4. The fourth-order valence-electron chi connectivity index (χ4n) is 4.73. The molecule has 1 amide bonds. The number of primary amides is 1. The summed E-state index contributed by atoms with van der Waals surface area (Å²) in [6, 6.07) is 17.2. The molecule has 3 heterocycles. The third kappa shape index (κ3) is 3.88. The molecular formula is C24H27N5O2. The van der Waals surface area contributed by atoms with Gasteiger partial charge in [0.15, 0.2) is 5.69 Å². The predicted molar refractivity (Wildman–Crippen MR) is 120 cm³/mol. The number of rotatable bonds is 5. The van der Waals surface area contributed by atoms with Crippen LogP contribution in [0.4, 0.5) is 5.69 Å². The molecule has 3 aromatic rings. The number of benzene rings is 2. The van der Waals surface area contributed by atoms with Crippen molar-refractivity contribution in [3.8, 4) is 17.2 Å². The number of piperidine rings is 1. The first-order valence-corrected chi connectivity index (χ1v) is 10.9. The fraction of sp³-hybridized carbons (Fsp3) is 0.333. The third-order valence-electron chi connectivity index (χ3n) is 6.22. The lowest BCUT2D eigenvalue weighted by Crippen LogP contribution is -2.35. The van der Waals surface area contributed by atoms with Crippen molar-refractivity contribution in [2.75, 3.05) is 25.0 Å². The molecule has 1 saturated heterocycles. The number of nitrogens with two attached hydrogens (primary N) is 1. The van der Waals surface area contributed by atoms with Gasteiger partial charge in [0.05, 0.1) is 17.1 Å². The van der Waals surface area contributed by atoms with Crippen LogP contribution >= 0.6 is 0 Å². The molecule has 2 aromatic carbocycles. The largest absolute Gasteiger partial charge is 0.457 e. The van der Waals surface area contributed by atoms with Crippen LogP contribution in [0.3, 0.4) is 0 Å². The molecule has 5 rings (SSSR count). The topological polar surface area (TPSA) is 94.2 Å². The highest BCUT2D eigenvalue weighted by molar-refractivity contribution is 5.98. The predicted octanol–water partition coefficient (Wildman–Crippen LogP) is 3.66. The van der Waals surface area contributed by atoms with E-state index in [1.807, 2.05) is 54.6 Å². The minimum Gasteiger partial charge on any atom is -0.457 e. The molecule has 31 heavy (non-hydrogen) atoms. The lowest BCUT2D eigenvalue weighted by atomic mass is 9.80. The molecule has 7 nitrogen and oxygen atoms in total. The van der Waals surface area contributed by atoms with Crippen LogP contribution in [0.5, 0.6) is 11.5 Å². The number of ether oxygens (including phenoxy) is 1. The molecule has 2 atom stereocenters. The Morgan fingerprint density at radius 3 is 2.52 bits per heavy atom. The maximum Gasteiger partial charge on any atom is 0.269 e. The number of amides is 1. The zero-order valence-electron chi connectivity index (χ0n) is 17.4. The summed E-state index contributed by atoms with van der Waals surface area (Å²) in [5, 5.41) is 11.8. The second-order valence-electron chi connectivity index (χ2n) is 8.22. The highest BCUT2D eigenvalue weighted by atomic mass is 16.5. The fourth-order valence-corrected chi connectivity index (χ4v) is 4.73. The van der Waals surface area contributed by atoms with Crippen molar-refractivity contribution < 1.29 is 9.53 Å². The van der Waals surface area contributed by atoms with Gasteiger partial charge in [-0.05, 0) is 74.7 Å². The summed E-state index contributed by atoms with van der Waals surface area (Å²) >= 11 is 0. The van der Waals surface area contributed by atoms with Gasteiger partial charge in [-0.3, -0.25) is 4.79 Å². The highest BCUT2D eigenvalue weighted by Crippen LogP contribution is 2.40. The average Bonchev–Trinajstić information content (AvgIpc) is 3.21. The summed E-state index contributed by atoms with van der Waals surface area (Å²) in [5.41, 5.74) is 8.75. The van der Waals surface area contributed by atoms with E-state index in [0.717, 1.165) is 54.6 Å². The Balaban J connectivity index is 1.47. The zero-order chi connectivity index (χ0) is 21.2. The first kappa shape index (κ1) is 19.6. The Kier molecular flexibility index (Phi) is 5.34. The number of hydrogen-bond acceptors (Lipinski definition) is 5. The Hall–Kier alpha value is -3.32.